The van der Waals surface area contributed by atoms with Crippen molar-refractivity contribution >= 4 is 27.5 Å². The molecule has 0 aliphatic carbocycles. The van der Waals surface area contributed by atoms with Crippen LogP contribution >= 0.6 is 27.5 Å². The molecule has 0 aliphatic rings. The summed E-state index contributed by atoms with van der Waals surface area (Å²) in [7, 11) is 0. The van der Waals surface area contributed by atoms with Gasteiger partial charge in [-0.15, -0.1) is 11.6 Å². The van der Waals surface area contributed by atoms with Gasteiger partial charge in [-0.1, -0.05) is 28.6 Å². The number of rotatable bonds is 1. The van der Waals surface area contributed by atoms with Crippen molar-refractivity contribution < 1.29 is 0 Å². The summed E-state index contributed by atoms with van der Waals surface area (Å²) >= 11 is 8.16. The first-order chi connectivity index (χ1) is 2.27. The van der Waals surface area contributed by atoms with Crippen LogP contribution in [0.15, 0.2) is 6.08 Å². The van der Waals surface area contributed by atoms with Gasteiger partial charge in [0.15, 0.2) is 0 Å². The molecule has 0 unspecified atom stereocenters. The first-order valence-electron chi connectivity index (χ1n) is 1.10. The lowest BCUT2D eigenvalue weighted by Crippen LogP contribution is -1.67. The Morgan fingerprint density at radius 2 is 2.20 bits per heavy atom. The molecule has 0 amide bonds. The van der Waals surface area contributed by atoms with Crippen LogP contribution in [0.1, 0.15) is 0 Å². The monoisotopic (exact) mass is 153 g/mol. The molecule has 0 N–H and O–H groups in total. The maximum Gasteiger partial charge on any atom is 0.107 e. The van der Waals surface area contributed by atoms with Gasteiger partial charge in [-0.2, -0.15) is 0 Å². The molecule has 0 nitrogen and oxygen atoms in total. The van der Waals surface area contributed by atoms with Crippen LogP contribution in [0.2, 0.25) is 0 Å². The van der Waals surface area contributed by atoms with E-state index < -0.39 is 0 Å². The standard InChI is InChI=1S/C3H3BrCl/c1-2-3(4)5/h1-3H/t3-/m1/s1. The van der Waals surface area contributed by atoms with Crippen LogP contribution in [-0.4, -0.2) is 4.29 Å². The Balaban J connectivity index is 2.83. The van der Waals surface area contributed by atoms with E-state index in [0.29, 0.717) is 0 Å². The Morgan fingerprint density at radius 3 is 2.20 bits per heavy atom. The third kappa shape index (κ3) is 4.51. The third-order valence-corrected chi connectivity index (χ3v) is 0.596. The molecule has 0 saturated carbocycles. The first kappa shape index (κ1) is 5.51. The van der Waals surface area contributed by atoms with Crippen molar-refractivity contribution in [2.24, 2.45) is 0 Å². The molecule has 5 heavy (non-hydrogen) atoms. The lowest BCUT2D eigenvalue weighted by molar-refractivity contribution is 1.69. The van der Waals surface area contributed by atoms with Crippen molar-refractivity contribution in [2.75, 3.05) is 0 Å². The molecular weight excluding hydrogens is 151 g/mol. The van der Waals surface area contributed by atoms with Gasteiger partial charge in [0, 0.05) is 0 Å². The summed E-state index contributed by atoms with van der Waals surface area (Å²) in [6.45, 7) is 4.87. The Kier molecular flexibility index (Phi) is 3.01. The second-order valence-electron chi connectivity index (χ2n) is 0.527. The lowest BCUT2D eigenvalue weighted by Gasteiger charge is -1.78. The molecule has 1 radical (unpaired) electrons. The summed E-state index contributed by atoms with van der Waals surface area (Å²) in [5, 5.41) is 0. The fourth-order valence-electron chi connectivity index (χ4n) is 0. The molecular formula is C3H3BrCl. The number of hydrogen-bond donors (Lipinski definition) is 0. The van der Waals surface area contributed by atoms with Gasteiger partial charge in [-0.25, -0.2) is 0 Å². The largest absolute Gasteiger partial charge is 0.107 e. The van der Waals surface area contributed by atoms with Gasteiger partial charge >= 0.3 is 0 Å². The summed E-state index contributed by atoms with van der Waals surface area (Å²) in [4.78, 5) is 0. The highest BCUT2D eigenvalue weighted by Gasteiger charge is 1.80. The quantitative estimate of drug-likeness (QED) is 0.506. The molecule has 0 rings (SSSR count). The Hall–Kier alpha value is 0.510. The van der Waals surface area contributed by atoms with Crippen molar-refractivity contribution in [2.45, 2.75) is 4.29 Å². The summed E-state index contributed by atoms with van der Waals surface area (Å²) in [5.41, 5.74) is 0. The van der Waals surface area contributed by atoms with E-state index in [1.807, 2.05) is 0 Å². The summed E-state index contributed by atoms with van der Waals surface area (Å²) in [6, 6.07) is 0. The fourth-order valence-corrected chi connectivity index (χ4v) is 0. The minimum absolute atomic E-state index is 0.178. The van der Waals surface area contributed by atoms with Crippen molar-refractivity contribution in [1.29, 1.82) is 0 Å². The van der Waals surface area contributed by atoms with Crippen molar-refractivity contribution in [3.05, 3.63) is 12.7 Å². The Labute approximate surface area is 45.0 Å². The van der Waals surface area contributed by atoms with Crippen LogP contribution < -0.4 is 0 Å². The van der Waals surface area contributed by atoms with E-state index in [1.165, 1.54) is 6.08 Å². The number of alkyl halides is 2. The molecule has 1 atom stereocenters. The minimum atomic E-state index is -0.178. The zero-order valence-corrected chi connectivity index (χ0v) is 4.83. The van der Waals surface area contributed by atoms with Gasteiger partial charge in [0.05, 0.1) is 0 Å². The number of halogens is 2. The predicted octanol–water partition coefficient (Wildman–Crippen LogP) is 1.94. The zero-order valence-electron chi connectivity index (χ0n) is 2.49. The van der Waals surface area contributed by atoms with Gasteiger partial charge in [0.2, 0.25) is 0 Å². The van der Waals surface area contributed by atoms with Crippen LogP contribution in [0.3, 0.4) is 0 Å². The number of hydrogen-bond acceptors (Lipinski definition) is 0. The van der Waals surface area contributed by atoms with Crippen LogP contribution in [0.25, 0.3) is 0 Å². The average molecular weight is 154 g/mol. The average Bonchev–Trinajstić information content (AvgIpc) is 1.38. The van der Waals surface area contributed by atoms with Gasteiger partial charge in [0.25, 0.3) is 0 Å². The second kappa shape index (κ2) is 2.73. The van der Waals surface area contributed by atoms with E-state index in [0.717, 1.165) is 0 Å². The Morgan fingerprint density at radius 1 is 2.00 bits per heavy atom. The predicted molar refractivity (Wildman–Crippen MR) is 27.4 cm³/mol. The van der Waals surface area contributed by atoms with Crippen LogP contribution in [0, 0.1) is 6.58 Å². The topological polar surface area (TPSA) is 0 Å². The summed E-state index contributed by atoms with van der Waals surface area (Å²) in [6.07, 6.45) is 1.35. The van der Waals surface area contributed by atoms with E-state index in [-0.39, 0.29) is 4.29 Å². The third-order valence-electron chi connectivity index (χ3n) is 0.145. The molecule has 0 heterocycles. The molecule has 0 saturated heterocycles. The van der Waals surface area contributed by atoms with Gasteiger partial charge in [-0.3, -0.25) is 0 Å². The molecule has 0 spiro atoms. The van der Waals surface area contributed by atoms with E-state index in [2.05, 4.69) is 15.9 Å². The lowest BCUT2D eigenvalue weighted by atomic mass is 10.8. The summed E-state index contributed by atoms with van der Waals surface area (Å²) < 4.78 is -0.178. The molecule has 2 heteroatoms. The molecule has 0 aromatic rings. The Bertz CT molecular complexity index is 33.9. The van der Waals surface area contributed by atoms with Crippen LogP contribution in [0.5, 0.6) is 0 Å². The SMILES string of the molecule is [CH]=C[C@@H](Cl)Br. The van der Waals surface area contributed by atoms with Crippen LogP contribution in [-0.2, 0) is 0 Å². The molecule has 0 fully saturated rings. The van der Waals surface area contributed by atoms with Crippen molar-refractivity contribution in [1.82, 2.24) is 0 Å². The first-order valence-corrected chi connectivity index (χ1v) is 2.46. The van der Waals surface area contributed by atoms with E-state index in [4.69, 9.17) is 18.2 Å². The van der Waals surface area contributed by atoms with E-state index >= 15 is 0 Å². The van der Waals surface area contributed by atoms with Crippen molar-refractivity contribution in [3.63, 3.8) is 0 Å². The molecule has 0 bridgehead atoms. The smallest absolute Gasteiger partial charge is 0.106 e. The van der Waals surface area contributed by atoms with Gasteiger partial charge in [-0.05, 0) is 0 Å². The summed E-state index contributed by atoms with van der Waals surface area (Å²) in [5.74, 6) is 0. The van der Waals surface area contributed by atoms with E-state index in [9.17, 15) is 0 Å². The maximum atomic E-state index is 5.20. The van der Waals surface area contributed by atoms with Crippen molar-refractivity contribution in [3.8, 4) is 0 Å². The molecule has 0 aromatic heterocycles. The normalized spacial score (nSPS) is 14.0. The van der Waals surface area contributed by atoms with Gasteiger partial charge < -0.3 is 0 Å². The fraction of sp³-hybridized carbons (Fsp3) is 0.333. The molecule has 0 aromatic carbocycles. The highest BCUT2D eigenvalue weighted by molar-refractivity contribution is 9.10. The van der Waals surface area contributed by atoms with E-state index in [1.54, 1.807) is 0 Å². The number of allylic oxidation sites excluding steroid dienone is 1. The van der Waals surface area contributed by atoms with Gasteiger partial charge in [0.1, 0.15) is 4.29 Å². The van der Waals surface area contributed by atoms with Crippen LogP contribution in [0.4, 0.5) is 0 Å². The minimum Gasteiger partial charge on any atom is -0.106 e. The zero-order chi connectivity index (χ0) is 4.28. The molecule has 0 aliphatic heterocycles. The molecule has 29 valence electrons. The second-order valence-corrected chi connectivity index (χ2v) is 2.51. The highest BCUT2D eigenvalue weighted by Crippen LogP contribution is 2.02. The highest BCUT2D eigenvalue weighted by atomic mass is 79.9. The maximum absolute atomic E-state index is 5.20.